The molecular formula is C11H5F3N2O. The number of carbonyl (C=O) groups excluding carboxylic acids is 1. The number of ketones is 1. The third kappa shape index (κ3) is 2.01. The van der Waals surface area contributed by atoms with Crippen molar-refractivity contribution in [1.82, 2.24) is 9.97 Å². The summed E-state index contributed by atoms with van der Waals surface area (Å²) < 4.78 is 38.9. The maximum Gasteiger partial charge on any atom is 0.214 e. The average Bonchev–Trinajstić information content (AvgIpc) is 2.36. The maximum atomic E-state index is 13.3. The zero-order valence-corrected chi connectivity index (χ0v) is 8.32. The van der Waals surface area contributed by atoms with Gasteiger partial charge < -0.3 is 0 Å². The second-order valence-corrected chi connectivity index (χ2v) is 3.15. The van der Waals surface area contributed by atoms with Crippen molar-refractivity contribution in [2.45, 2.75) is 0 Å². The Morgan fingerprint density at radius 3 is 2.47 bits per heavy atom. The highest BCUT2D eigenvalue weighted by atomic mass is 19.2. The van der Waals surface area contributed by atoms with Crippen LogP contribution in [0, 0.1) is 17.5 Å². The molecule has 1 heterocycles. The molecule has 2 aromatic rings. The van der Waals surface area contributed by atoms with Crippen molar-refractivity contribution in [3.63, 3.8) is 0 Å². The molecule has 0 unspecified atom stereocenters. The van der Waals surface area contributed by atoms with Crippen LogP contribution < -0.4 is 0 Å². The normalized spacial score (nSPS) is 10.3. The van der Waals surface area contributed by atoms with Crippen molar-refractivity contribution < 1.29 is 18.0 Å². The van der Waals surface area contributed by atoms with Gasteiger partial charge in [0, 0.05) is 6.20 Å². The van der Waals surface area contributed by atoms with Gasteiger partial charge in [0.15, 0.2) is 17.5 Å². The number of halogens is 3. The molecule has 0 aliphatic carbocycles. The molecule has 0 aliphatic rings. The number of nitrogens with zero attached hydrogens (tertiary/aromatic N) is 2. The van der Waals surface area contributed by atoms with E-state index in [-0.39, 0.29) is 5.69 Å². The molecule has 0 radical (unpaired) electrons. The van der Waals surface area contributed by atoms with Crippen LogP contribution in [0.1, 0.15) is 16.1 Å². The Labute approximate surface area is 94.0 Å². The fourth-order valence-corrected chi connectivity index (χ4v) is 1.26. The van der Waals surface area contributed by atoms with Crippen LogP contribution >= 0.6 is 0 Å². The summed E-state index contributed by atoms with van der Waals surface area (Å²) >= 11 is 0. The number of hydrogen-bond donors (Lipinski definition) is 0. The van der Waals surface area contributed by atoms with E-state index in [1.54, 1.807) is 0 Å². The second kappa shape index (κ2) is 4.32. The first-order chi connectivity index (χ1) is 8.11. The van der Waals surface area contributed by atoms with Gasteiger partial charge in [0.2, 0.25) is 5.78 Å². The summed E-state index contributed by atoms with van der Waals surface area (Å²) in [5.74, 6) is -5.37. The Kier molecular flexibility index (Phi) is 2.86. The van der Waals surface area contributed by atoms with E-state index < -0.39 is 28.8 Å². The number of rotatable bonds is 2. The first-order valence-electron chi connectivity index (χ1n) is 4.55. The van der Waals surface area contributed by atoms with E-state index in [9.17, 15) is 18.0 Å². The lowest BCUT2D eigenvalue weighted by molar-refractivity contribution is 0.102. The van der Waals surface area contributed by atoms with Crippen LogP contribution in [0.25, 0.3) is 0 Å². The first-order valence-corrected chi connectivity index (χ1v) is 4.55. The van der Waals surface area contributed by atoms with Crippen molar-refractivity contribution in [3.8, 4) is 0 Å². The largest absolute Gasteiger partial charge is 0.287 e. The van der Waals surface area contributed by atoms with E-state index in [0.717, 1.165) is 12.4 Å². The summed E-state index contributed by atoms with van der Waals surface area (Å²) in [6.45, 7) is 0. The summed E-state index contributed by atoms with van der Waals surface area (Å²) in [5, 5.41) is 0. The molecular weight excluding hydrogens is 233 g/mol. The molecule has 1 aromatic carbocycles. The van der Waals surface area contributed by atoms with Crippen molar-refractivity contribution >= 4 is 5.78 Å². The molecule has 0 aliphatic heterocycles. The Bertz CT molecular complexity index is 572. The van der Waals surface area contributed by atoms with Gasteiger partial charge in [-0.2, -0.15) is 0 Å². The molecule has 0 saturated heterocycles. The van der Waals surface area contributed by atoms with Crippen LogP contribution in [-0.4, -0.2) is 15.8 Å². The summed E-state index contributed by atoms with van der Waals surface area (Å²) in [7, 11) is 0. The van der Waals surface area contributed by atoms with E-state index in [4.69, 9.17) is 0 Å². The molecule has 2 rings (SSSR count). The van der Waals surface area contributed by atoms with Gasteiger partial charge in [-0.05, 0) is 18.2 Å². The molecule has 3 nitrogen and oxygen atoms in total. The van der Waals surface area contributed by atoms with Crippen LogP contribution in [0.2, 0.25) is 0 Å². The third-order valence-electron chi connectivity index (χ3n) is 2.09. The molecule has 0 bridgehead atoms. The molecule has 6 heteroatoms. The van der Waals surface area contributed by atoms with Crippen molar-refractivity contribution in [2.75, 3.05) is 0 Å². The minimum atomic E-state index is -1.68. The van der Waals surface area contributed by atoms with Gasteiger partial charge in [0.1, 0.15) is 12.0 Å². The monoisotopic (exact) mass is 238 g/mol. The molecule has 0 atom stereocenters. The van der Waals surface area contributed by atoms with Crippen LogP contribution in [0.3, 0.4) is 0 Å². The van der Waals surface area contributed by atoms with Gasteiger partial charge in [-0.25, -0.2) is 23.1 Å². The topological polar surface area (TPSA) is 42.9 Å². The van der Waals surface area contributed by atoms with Crippen molar-refractivity contribution in [3.05, 3.63) is 59.4 Å². The van der Waals surface area contributed by atoms with Crippen LogP contribution in [-0.2, 0) is 0 Å². The molecule has 86 valence electrons. The standard InChI is InChI=1S/C11H5F3N2O/c12-7-2-1-6(9(13)10(7)14)11(17)8-3-4-15-5-16-8/h1-5H. The lowest BCUT2D eigenvalue weighted by Gasteiger charge is -2.02. The second-order valence-electron chi connectivity index (χ2n) is 3.15. The lowest BCUT2D eigenvalue weighted by atomic mass is 10.1. The summed E-state index contributed by atoms with van der Waals surface area (Å²) in [5.41, 5.74) is -0.660. The third-order valence-corrected chi connectivity index (χ3v) is 2.09. The molecule has 0 fully saturated rings. The van der Waals surface area contributed by atoms with E-state index >= 15 is 0 Å². The molecule has 0 N–H and O–H groups in total. The predicted molar refractivity (Wildman–Crippen MR) is 51.8 cm³/mol. The quantitative estimate of drug-likeness (QED) is 0.594. The zero-order chi connectivity index (χ0) is 12.4. The Morgan fingerprint density at radius 1 is 1.06 bits per heavy atom. The number of hydrogen-bond acceptors (Lipinski definition) is 3. The van der Waals surface area contributed by atoms with E-state index in [0.29, 0.717) is 6.07 Å². The molecule has 0 spiro atoms. The summed E-state index contributed by atoms with van der Waals surface area (Å²) in [6.07, 6.45) is 2.39. The van der Waals surface area contributed by atoms with Crippen LogP contribution in [0.4, 0.5) is 13.2 Å². The molecule has 17 heavy (non-hydrogen) atoms. The first kappa shape index (κ1) is 11.3. The Balaban J connectivity index is 2.49. The van der Waals surface area contributed by atoms with Crippen LogP contribution in [0.15, 0.2) is 30.7 Å². The Hall–Kier alpha value is -2.24. The fraction of sp³-hybridized carbons (Fsp3) is 0. The van der Waals surface area contributed by atoms with Crippen LogP contribution in [0.5, 0.6) is 0 Å². The minimum Gasteiger partial charge on any atom is -0.287 e. The SMILES string of the molecule is O=C(c1ccncn1)c1ccc(F)c(F)c1F. The maximum absolute atomic E-state index is 13.3. The number of aromatic nitrogens is 2. The molecule has 0 amide bonds. The van der Waals surface area contributed by atoms with Gasteiger partial charge in [-0.3, -0.25) is 4.79 Å². The van der Waals surface area contributed by atoms with Crippen molar-refractivity contribution in [2.24, 2.45) is 0 Å². The van der Waals surface area contributed by atoms with Gasteiger partial charge in [-0.1, -0.05) is 0 Å². The van der Waals surface area contributed by atoms with Gasteiger partial charge in [0.05, 0.1) is 5.56 Å². The van der Waals surface area contributed by atoms with Crippen molar-refractivity contribution in [1.29, 1.82) is 0 Å². The average molecular weight is 238 g/mol. The highest BCUT2D eigenvalue weighted by Crippen LogP contribution is 2.17. The van der Waals surface area contributed by atoms with Gasteiger partial charge in [0.25, 0.3) is 0 Å². The van der Waals surface area contributed by atoms with E-state index in [1.807, 2.05) is 0 Å². The predicted octanol–water partition coefficient (Wildman–Crippen LogP) is 2.12. The highest BCUT2D eigenvalue weighted by molar-refractivity contribution is 6.07. The summed E-state index contributed by atoms with van der Waals surface area (Å²) in [4.78, 5) is 18.9. The van der Waals surface area contributed by atoms with E-state index in [1.165, 1.54) is 12.3 Å². The smallest absolute Gasteiger partial charge is 0.214 e. The van der Waals surface area contributed by atoms with E-state index in [2.05, 4.69) is 9.97 Å². The number of carbonyl (C=O) groups is 1. The molecule has 0 saturated carbocycles. The van der Waals surface area contributed by atoms with Gasteiger partial charge in [-0.15, -0.1) is 0 Å². The Morgan fingerprint density at radius 2 is 1.82 bits per heavy atom. The number of benzene rings is 1. The zero-order valence-electron chi connectivity index (χ0n) is 8.32. The minimum absolute atomic E-state index is 0.0927. The lowest BCUT2D eigenvalue weighted by Crippen LogP contribution is -2.08. The summed E-state index contributed by atoms with van der Waals surface area (Å²) in [6, 6.07) is 2.81. The highest BCUT2D eigenvalue weighted by Gasteiger charge is 2.20. The van der Waals surface area contributed by atoms with Gasteiger partial charge >= 0.3 is 0 Å². The fourth-order valence-electron chi connectivity index (χ4n) is 1.26. The molecule has 1 aromatic heterocycles.